The number of methoxy groups -OCH3 is 1. The molecule has 0 heterocycles. The van der Waals surface area contributed by atoms with Gasteiger partial charge in [-0.15, -0.1) is 0 Å². The molecule has 1 aromatic carbocycles. The first kappa shape index (κ1) is 16.9. The number of rotatable bonds is 7. The Hall–Kier alpha value is -1.11. The molecule has 1 aromatic rings. The lowest BCUT2D eigenvalue weighted by Crippen LogP contribution is -2.30. The Labute approximate surface area is 133 Å². The van der Waals surface area contributed by atoms with Crippen molar-refractivity contribution in [3.8, 4) is 0 Å². The highest BCUT2D eigenvalue weighted by Crippen LogP contribution is 2.27. The Morgan fingerprint density at radius 1 is 1.35 bits per heavy atom. The van der Waals surface area contributed by atoms with Crippen LogP contribution < -0.4 is 0 Å². The molecule has 0 spiro atoms. The fourth-order valence-corrected chi connectivity index (χ4v) is 2.49. The van der Waals surface area contributed by atoms with Gasteiger partial charge in [0.15, 0.2) is 0 Å². The third-order valence-electron chi connectivity index (χ3n) is 3.22. The molecule has 0 amide bonds. The Bertz CT molecular complexity index is 461. The Balaban J connectivity index is 2.71. The molecule has 0 bridgehead atoms. The molecule has 0 aliphatic heterocycles. The van der Waals surface area contributed by atoms with Crippen LogP contribution in [0.25, 0.3) is 0 Å². The number of carbonyl (C=O) groups is 1. The van der Waals surface area contributed by atoms with Gasteiger partial charge in [0.2, 0.25) is 6.61 Å². The highest BCUT2D eigenvalue weighted by Gasteiger charge is 2.27. The maximum absolute atomic E-state index is 11.0. The number of ether oxygens (including phenoxy) is 1. The van der Waals surface area contributed by atoms with E-state index < -0.39 is 5.97 Å². The second kappa shape index (κ2) is 8.24. The molecule has 0 aromatic heterocycles. The molecule has 0 aliphatic carbocycles. The number of oxime groups is 1. The maximum Gasteiger partial charge on any atom is 0.346 e. The van der Waals surface area contributed by atoms with E-state index in [9.17, 15) is 4.79 Å². The predicted molar refractivity (Wildman–Crippen MR) is 88.2 cm³/mol. The topological polar surface area (TPSA) is 47.9 Å². The largest absolute Gasteiger partial charge is 0.466 e. The lowest BCUT2D eigenvalue weighted by molar-refractivity contribution is -0.145. The van der Waals surface area contributed by atoms with Gasteiger partial charge in [0.05, 0.1) is 12.8 Å². The number of benzene rings is 1. The zero-order valence-corrected chi connectivity index (χ0v) is 14.2. The smallest absolute Gasteiger partial charge is 0.346 e. The van der Waals surface area contributed by atoms with Gasteiger partial charge in [0.1, 0.15) is 0 Å². The lowest BCUT2D eigenvalue weighted by atomic mass is 9.82. The summed E-state index contributed by atoms with van der Waals surface area (Å²) in [5.74, 6) is -0.430. The minimum absolute atomic E-state index is 0.0992. The summed E-state index contributed by atoms with van der Waals surface area (Å²) < 4.78 is 5.42. The van der Waals surface area contributed by atoms with Crippen molar-refractivity contribution in [2.24, 2.45) is 10.6 Å². The number of hydrogen-bond donors (Lipinski definition) is 0. The summed E-state index contributed by atoms with van der Waals surface area (Å²) in [6, 6.07) is 10.3. The number of carbonyl (C=O) groups excluding carboxylic acids is 1. The highest BCUT2D eigenvalue weighted by atomic mass is 127. The van der Waals surface area contributed by atoms with Gasteiger partial charge in [-0.1, -0.05) is 65.0 Å². The SMILES string of the molecule is COC(=O)CON=C(C)C(C)(CI)Cc1ccccc1. The van der Waals surface area contributed by atoms with Crippen molar-refractivity contribution >= 4 is 34.3 Å². The van der Waals surface area contributed by atoms with Crippen LogP contribution in [0.15, 0.2) is 35.5 Å². The molecule has 110 valence electrons. The van der Waals surface area contributed by atoms with Gasteiger partial charge in [0.25, 0.3) is 0 Å². The third-order valence-corrected chi connectivity index (χ3v) is 4.90. The molecule has 0 saturated carbocycles. The standard InChI is InChI=1S/C15H20INO3/c1-12(17-20-10-14(18)19-3)15(2,11-16)9-13-7-5-4-6-8-13/h4-8H,9-11H2,1-3H3. The summed E-state index contributed by atoms with van der Waals surface area (Å²) in [5, 5.41) is 4.06. The zero-order valence-electron chi connectivity index (χ0n) is 12.1. The number of hydrogen-bond acceptors (Lipinski definition) is 4. The minimum atomic E-state index is -0.430. The monoisotopic (exact) mass is 389 g/mol. The van der Waals surface area contributed by atoms with Gasteiger partial charge in [-0.25, -0.2) is 4.79 Å². The molecule has 5 heteroatoms. The van der Waals surface area contributed by atoms with Crippen molar-refractivity contribution in [2.45, 2.75) is 20.3 Å². The minimum Gasteiger partial charge on any atom is -0.466 e. The molecule has 0 aliphatic rings. The molecular formula is C15H20INO3. The molecule has 0 radical (unpaired) electrons. The van der Waals surface area contributed by atoms with Crippen molar-refractivity contribution in [1.82, 2.24) is 0 Å². The van der Waals surface area contributed by atoms with E-state index in [1.807, 2.05) is 25.1 Å². The van der Waals surface area contributed by atoms with Crippen LogP contribution in [0.1, 0.15) is 19.4 Å². The van der Waals surface area contributed by atoms with E-state index >= 15 is 0 Å². The summed E-state index contributed by atoms with van der Waals surface area (Å²) >= 11 is 2.35. The average Bonchev–Trinajstić information content (AvgIpc) is 2.47. The van der Waals surface area contributed by atoms with Gasteiger partial charge >= 0.3 is 5.97 Å². The number of halogens is 1. The number of esters is 1. The lowest BCUT2D eigenvalue weighted by Gasteiger charge is -2.27. The second-order valence-corrected chi connectivity index (χ2v) is 5.65. The van der Waals surface area contributed by atoms with E-state index in [4.69, 9.17) is 4.84 Å². The van der Waals surface area contributed by atoms with Gasteiger partial charge < -0.3 is 9.57 Å². The molecule has 0 saturated heterocycles. The van der Waals surface area contributed by atoms with Crippen molar-refractivity contribution in [3.05, 3.63) is 35.9 Å². The van der Waals surface area contributed by atoms with Crippen molar-refractivity contribution in [3.63, 3.8) is 0 Å². The molecule has 1 rings (SSSR count). The quantitative estimate of drug-likeness (QED) is 0.237. The van der Waals surface area contributed by atoms with Crippen LogP contribution in [-0.2, 0) is 20.8 Å². The predicted octanol–water partition coefficient (Wildman–Crippen LogP) is 3.24. The summed E-state index contributed by atoms with van der Waals surface area (Å²) in [4.78, 5) is 16.0. The van der Waals surface area contributed by atoms with E-state index in [0.29, 0.717) is 0 Å². The molecule has 20 heavy (non-hydrogen) atoms. The first-order chi connectivity index (χ1) is 9.51. The summed E-state index contributed by atoms with van der Waals surface area (Å²) in [6.07, 6.45) is 0.883. The normalized spacial score (nSPS) is 14.5. The van der Waals surface area contributed by atoms with Crippen molar-refractivity contribution < 1.29 is 14.4 Å². The van der Waals surface area contributed by atoms with Gasteiger partial charge in [0, 0.05) is 9.84 Å². The molecular weight excluding hydrogens is 369 g/mol. The van der Waals surface area contributed by atoms with Crippen LogP contribution in [-0.4, -0.2) is 29.8 Å². The summed E-state index contributed by atoms with van der Waals surface area (Å²) in [5.41, 5.74) is 2.03. The van der Waals surface area contributed by atoms with E-state index in [2.05, 4.69) is 51.5 Å². The second-order valence-electron chi connectivity index (χ2n) is 4.88. The van der Waals surface area contributed by atoms with Crippen molar-refractivity contribution in [1.29, 1.82) is 0 Å². The van der Waals surface area contributed by atoms with E-state index in [-0.39, 0.29) is 12.0 Å². The van der Waals surface area contributed by atoms with Crippen molar-refractivity contribution in [2.75, 3.05) is 18.1 Å². The third kappa shape index (κ3) is 5.11. The summed E-state index contributed by atoms with van der Waals surface area (Å²) in [7, 11) is 1.33. The highest BCUT2D eigenvalue weighted by molar-refractivity contribution is 14.1. The fourth-order valence-electron chi connectivity index (χ4n) is 1.67. The number of nitrogens with zero attached hydrogens (tertiary/aromatic N) is 1. The van der Waals surface area contributed by atoms with Crippen LogP contribution in [0.2, 0.25) is 0 Å². The molecule has 1 unspecified atom stereocenters. The molecule has 1 atom stereocenters. The fraction of sp³-hybridized carbons (Fsp3) is 0.467. The van der Waals surface area contributed by atoms with Gasteiger partial charge in [-0.05, 0) is 18.9 Å². The average molecular weight is 389 g/mol. The van der Waals surface area contributed by atoms with Gasteiger partial charge in [-0.3, -0.25) is 0 Å². The van der Waals surface area contributed by atoms with Gasteiger partial charge in [-0.2, -0.15) is 0 Å². The van der Waals surface area contributed by atoms with Crippen LogP contribution in [0.5, 0.6) is 0 Å². The Morgan fingerprint density at radius 3 is 2.55 bits per heavy atom. The van der Waals surface area contributed by atoms with E-state index in [1.54, 1.807) is 0 Å². The molecule has 0 N–H and O–H groups in total. The van der Waals surface area contributed by atoms with Crippen LogP contribution in [0.4, 0.5) is 0 Å². The zero-order chi connectivity index (χ0) is 15.0. The van der Waals surface area contributed by atoms with E-state index in [0.717, 1.165) is 16.6 Å². The van der Waals surface area contributed by atoms with Crippen LogP contribution in [0.3, 0.4) is 0 Å². The Kier molecular flexibility index (Phi) is 6.98. The van der Waals surface area contributed by atoms with E-state index in [1.165, 1.54) is 12.7 Å². The number of alkyl halides is 1. The van der Waals surface area contributed by atoms with Crippen LogP contribution >= 0.6 is 22.6 Å². The molecule has 0 fully saturated rings. The Morgan fingerprint density at radius 2 is 2.00 bits per heavy atom. The maximum atomic E-state index is 11.0. The first-order valence-corrected chi connectivity index (χ1v) is 7.88. The summed E-state index contributed by atoms with van der Waals surface area (Å²) in [6.45, 7) is 3.92. The first-order valence-electron chi connectivity index (χ1n) is 6.35. The van der Waals surface area contributed by atoms with Crippen LogP contribution in [0, 0.1) is 5.41 Å². The molecule has 4 nitrogen and oxygen atoms in total.